The monoisotopic (exact) mass is 190 g/mol. The summed E-state index contributed by atoms with van der Waals surface area (Å²) < 4.78 is 0. The molecule has 1 fully saturated rings. The van der Waals surface area contributed by atoms with Crippen molar-refractivity contribution >= 4 is 0 Å². The standard InChI is InChI=1S/C12H18N2/c1-10(12-7-2-3-8-13-12)14-9-11-5-4-6-11/h2-3,7-8,10-11,14H,4-6,9H2,1H3/t10-/m1/s1. The molecule has 1 N–H and O–H groups in total. The Kier molecular flexibility index (Phi) is 3.14. The second kappa shape index (κ2) is 4.56. The van der Waals surface area contributed by atoms with Crippen LogP contribution in [0.5, 0.6) is 0 Å². The van der Waals surface area contributed by atoms with E-state index >= 15 is 0 Å². The third kappa shape index (κ3) is 2.32. The lowest BCUT2D eigenvalue weighted by molar-refractivity contribution is 0.291. The van der Waals surface area contributed by atoms with Gasteiger partial charge >= 0.3 is 0 Å². The van der Waals surface area contributed by atoms with Crippen molar-refractivity contribution in [3.8, 4) is 0 Å². The molecule has 0 amide bonds. The normalized spacial score (nSPS) is 18.9. The van der Waals surface area contributed by atoms with Gasteiger partial charge in [0.1, 0.15) is 0 Å². The van der Waals surface area contributed by atoms with Crippen LogP contribution >= 0.6 is 0 Å². The number of nitrogens with one attached hydrogen (secondary N) is 1. The third-order valence-corrected chi connectivity index (χ3v) is 3.07. The number of nitrogens with zero attached hydrogens (tertiary/aromatic N) is 1. The summed E-state index contributed by atoms with van der Waals surface area (Å²) in [6.45, 7) is 3.33. The molecule has 0 saturated heterocycles. The molecule has 76 valence electrons. The van der Waals surface area contributed by atoms with Gasteiger partial charge < -0.3 is 5.32 Å². The number of rotatable bonds is 4. The number of hydrogen-bond acceptors (Lipinski definition) is 2. The van der Waals surface area contributed by atoms with Gasteiger partial charge in [0.2, 0.25) is 0 Å². The first kappa shape index (κ1) is 9.66. The summed E-state index contributed by atoms with van der Waals surface area (Å²) in [7, 11) is 0. The van der Waals surface area contributed by atoms with Crippen LogP contribution in [0.3, 0.4) is 0 Å². The summed E-state index contributed by atoms with van der Waals surface area (Å²) in [6.07, 6.45) is 6.09. The van der Waals surface area contributed by atoms with Crippen LogP contribution in [-0.4, -0.2) is 11.5 Å². The van der Waals surface area contributed by atoms with Crippen LogP contribution in [0.2, 0.25) is 0 Å². The predicted octanol–water partition coefficient (Wildman–Crippen LogP) is 2.53. The summed E-state index contributed by atoms with van der Waals surface area (Å²) in [4.78, 5) is 4.34. The molecule has 1 aliphatic carbocycles. The van der Waals surface area contributed by atoms with Gasteiger partial charge in [-0.25, -0.2) is 0 Å². The van der Waals surface area contributed by atoms with Crippen molar-refractivity contribution in [3.63, 3.8) is 0 Å². The van der Waals surface area contributed by atoms with Crippen LogP contribution in [-0.2, 0) is 0 Å². The van der Waals surface area contributed by atoms with Gasteiger partial charge in [-0.1, -0.05) is 12.5 Å². The number of pyridine rings is 1. The van der Waals surface area contributed by atoms with Crippen LogP contribution in [0, 0.1) is 5.92 Å². The van der Waals surface area contributed by atoms with Gasteiger partial charge in [0, 0.05) is 12.2 Å². The van der Waals surface area contributed by atoms with Crippen LogP contribution in [0.1, 0.15) is 37.9 Å². The van der Waals surface area contributed by atoms with E-state index in [1.54, 1.807) is 0 Å². The first-order chi connectivity index (χ1) is 6.86. The van der Waals surface area contributed by atoms with Gasteiger partial charge in [0.15, 0.2) is 0 Å². The lowest BCUT2D eigenvalue weighted by Gasteiger charge is -2.27. The van der Waals surface area contributed by atoms with Crippen LogP contribution in [0.4, 0.5) is 0 Å². The van der Waals surface area contributed by atoms with Crippen LogP contribution in [0.25, 0.3) is 0 Å². The Morgan fingerprint density at radius 3 is 2.93 bits per heavy atom. The third-order valence-electron chi connectivity index (χ3n) is 3.07. The lowest BCUT2D eigenvalue weighted by atomic mass is 9.85. The van der Waals surface area contributed by atoms with E-state index in [9.17, 15) is 0 Å². The summed E-state index contributed by atoms with van der Waals surface area (Å²) in [5, 5.41) is 3.54. The van der Waals surface area contributed by atoms with Crippen molar-refractivity contribution < 1.29 is 0 Å². The van der Waals surface area contributed by atoms with E-state index in [0.29, 0.717) is 6.04 Å². The largest absolute Gasteiger partial charge is 0.309 e. The molecule has 2 heteroatoms. The minimum atomic E-state index is 0.386. The molecule has 2 nitrogen and oxygen atoms in total. The maximum atomic E-state index is 4.34. The van der Waals surface area contributed by atoms with Crippen LogP contribution in [0.15, 0.2) is 24.4 Å². The molecule has 0 bridgehead atoms. The first-order valence-electron chi connectivity index (χ1n) is 5.50. The Balaban J connectivity index is 1.80. The average Bonchev–Trinajstić information content (AvgIpc) is 2.16. The van der Waals surface area contributed by atoms with Crippen molar-refractivity contribution in [3.05, 3.63) is 30.1 Å². The van der Waals surface area contributed by atoms with Gasteiger partial charge in [0.25, 0.3) is 0 Å². The van der Waals surface area contributed by atoms with Gasteiger partial charge in [0.05, 0.1) is 5.69 Å². The highest BCUT2D eigenvalue weighted by atomic mass is 14.9. The smallest absolute Gasteiger partial charge is 0.0570 e. The van der Waals surface area contributed by atoms with E-state index in [-0.39, 0.29) is 0 Å². The van der Waals surface area contributed by atoms with Crippen molar-refractivity contribution in [2.24, 2.45) is 5.92 Å². The van der Waals surface area contributed by atoms with Gasteiger partial charge in [-0.05, 0) is 44.4 Å². The van der Waals surface area contributed by atoms with Crippen LogP contribution < -0.4 is 5.32 Å². The molecule has 14 heavy (non-hydrogen) atoms. The molecule has 1 atom stereocenters. The molecule has 2 rings (SSSR count). The first-order valence-corrected chi connectivity index (χ1v) is 5.50. The Hall–Kier alpha value is -0.890. The number of aromatic nitrogens is 1. The van der Waals surface area contributed by atoms with Crippen molar-refractivity contribution in [2.75, 3.05) is 6.54 Å². The fourth-order valence-electron chi connectivity index (χ4n) is 1.78. The quantitative estimate of drug-likeness (QED) is 0.789. The average molecular weight is 190 g/mol. The maximum absolute atomic E-state index is 4.34. The summed E-state index contributed by atoms with van der Waals surface area (Å²) in [5.74, 6) is 0.918. The lowest BCUT2D eigenvalue weighted by Crippen LogP contribution is -2.29. The maximum Gasteiger partial charge on any atom is 0.0570 e. The zero-order chi connectivity index (χ0) is 9.80. The minimum absolute atomic E-state index is 0.386. The predicted molar refractivity (Wildman–Crippen MR) is 58.0 cm³/mol. The molecule has 0 spiro atoms. The van der Waals surface area contributed by atoms with E-state index in [1.165, 1.54) is 19.3 Å². The van der Waals surface area contributed by atoms with E-state index in [2.05, 4.69) is 23.3 Å². The van der Waals surface area contributed by atoms with E-state index < -0.39 is 0 Å². The van der Waals surface area contributed by atoms with E-state index in [1.807, 2.05) is 18.3 Å². The van der Waals surface area contributed by atoms with E-state index in [0.717, 1.165) is 18.2 Å². The molecule has 0 aliphatic heterocycles. The summed E-state index contributed by atoms with van der Waals surface area (Å²) in [5.41, 5.74) is 1.15. The highest BCUT2D eigenvalue weighted by Gasteiger charge is 2.17. The number of hydrogen-bond donors (Lipinski definition) is 1. The molecule has 0 unspecified atom stereocenters. The second-order valence-electron chi connectivity index (χ2n) is 4.18. The molecule has 0 aromatic carbocycles. The van der Waals surface area contributed by atoms with Gasteiger partial charge in [-0.2, -0.15) is 0 Å². The van der Waals surface area contributed by atoms with Crippen molar-refractivity contribution in [1.82, 2.24) is 10.3 Å². The fourth-order valence-corrected chi connectivity index (χ4v) is 1.78. The Morgan fingerprint density at radius 1 is 1.50 bits per heavy atom. The Bertz CT molecular complexity index is 267. The van der Waals surface area contributed by atoms with Gasteiger partial charge in [-0.3, -0.25) is 4.98 Å². The van der Waals surface area contributed by atoms with E-state index in [4.69, 9.17) is 0 Å². The SMILES string of the molecule is C[C@@H](NCC1CCC1)c1ccccn1. The molecular weight excluding hydrogens is 172 g/mol. The van der Waals surface area contributed by atoms with Gasteiger partial charge in [-0.15, -0.1) is 0 Å². The summed E-state index contributed by atoms with van der Waals surface area (Å²) >= 11 is 0. The highest BCUT2D eigenvalue weighted by molar-refractivity contribution is 5.07. The molecule has 1 aromatic heterocycles. The molecule has 1 aliphatic rings. The Labute approximate surface area is 85.7 Å². The molecule has 1 heterocycles. The molecule has 1 aromatic rings. The topological polar surface area (TPSA) is 24.9 Å². The van der Waals surface area contributed by atoms with Crippen molar-refractivity contribution in [1.29, 1.82) is 0 Å². The zero-order valence-electron chi connectivity index (χ0n) is 8.74. The highest BCUT2D eigenvalue weighted by Crippen LogP contribution is 2.25. The molecule has 1 saturated carbocycles. The summed E-state index contributed by atoms with van der Waals surface area (Å²) in [6, 6.07) is 6.47. The second-order valence-corrected chi connectivity index (χ2v) is 4.18. The van der Waals surface area contributed by atoms with Crippen molar-refractivity contribution in [2.45, 2.75) is 32.2 Å². The Morgan fingerprint density at radius 2 is 2.36 bits per heavy atom. The minimum Gasteiger partial charge on any atom is -0.309 e. The molecular formula is C12H18N2. The zero-order valence-corrected chi connectivity index (χ0v) is 8.74. The fraction of sp³-hybridized carbons (Fsp3) is 0.583. The molecule has 0 radical (unpaired) electrons.